The molecule has 0 aliphatic carbocycles. The summed E-state index contributed by atoms with van der Waals surface area (Å²) in [5.74, 6) is -0.786. The Morgan fingerprint density at radius 3 is 2.57 bits per heavy atom. The monoisotopic (exact) mass is 404 g/mol. The van der Waals surface area contributed by atoms with Crippen LogP contribution < -0.4 is 10.6 Å². The fourth-order valence-corrected chi connectivity index (χ4v) is 3.69. The van der Waals surface area contributed by atoms with Crippen LogP contribution in [0.3, 0.4) is 0 Å². The Morgan fingerprint density at radius 1 is 1.25 bits per heavy atom. The number of aliphatic hydroxyl groups excluding tert-OH is 1. The molecule has 0 aromatic heterocycles. The molecule has 11 heteroatoms. The molecule has 1 atom stereocenters. The van der Waals surface area contributed by atoms with Crippen molar-refractivity contribution < 1.29 is 23.2 Å². The number of rotatable bonds is 5. The lowest BCUT2D eigenvalue weighted by Gasteiger charge is -2.13. The van der Waals surface area contributed by atoms with Gasteiger partial charge in [0.2, 0.25) is 11.6 Å². The van der Waals surface area contributed by atoms with Crippen LogP contribution in [0.2, 0.25) is 0 Å². The summed E-state index contributed by atoms with van der Waals surface area (Å²) in [5, 5.41) is 24.8. The van der Waals surface area contributed by atoms with Crippen LogP contribution in [0.4, 0.5) is 5.69 Å². The van der Waals surface area contributed by atoms with E-state index in [9.17, 15) is 23.6 Å². The minimum atomic E-state index is -4.25. The fourth-order valence-electron chi connectivity index (χ4n) is 2.60. The van der Waals surface area contributed by atoms with Gasteiger partial charge in [0.15, 0.2) is 11.8 Å². The number of nitro groups is 1. The molecule has 2 aromatic rings. The molecule has 1 aliphatic rings. The molecule has 1 aliphatic heterocycles. The number of ether oxygens (including phenoxy) is 1. The van der Waals surface area contributed by atoms with Crippen molar-refractivity contribution in [3.8, 4) is 0 Å². The van der Waals surface area contributed by atoms with Gasteiger partial charge in [0.1, 0.15) is 0 Å². The molecular weight excluding hydrogens is 388 g/mol. The summed E-state index contributed by atoms with van der Waals surface area (Å²) < 4.78 is 30.6. The third-order valence-corrected chi connectivity index (χ3v) is 5.38. The molecule has 146 valence electrons. The molecule has 0 radical (unpaired) electrons. The lowest BCUT2D eigenvalue weighted by Crippen LogP contribution is -2.23. The third kappa shape index (κ3) is 3.60. The van der Waals surface area contributed by atoms with Crippen molar-refractivity contribution >= 4 is 21.4 Å². The van der Waals surface area contributed by atoms with Crippen molar-refractivity contribution in [2.24, 2.45) is 10.8 Å². The fraction of sp³-hybridized carbons (Fsp3) is 0.118. The number of benzene rings is 2. The largest absolute Gasteiger partial charge is 0.502 e. The zero-order chi connectivity index (χ0) is 20.5. The molecule has 0 spiro atoms. The van der Waals surface area contributed by atoms with Crippen LogP contribution in [-0.2, 0) is 14.8 Å². The Bertz CT molecular complexity index is 1100. The molecule has 0 saturated carbocycles. The Kier molecular flexibility index (Phi) is 4.92. The number of hydrogen-bond donors (Lipinski definition) is 3. The molecule has 0 bridgehead atoms. The van der Waals surface area contributed by atoms with Crippen LogP contribution in [-0.4, -0.2) is 24.2 Å². The molecule has 1 heterocycles. The highest BCUT2D eigenvalue weighted by molar-refractivity contribution is 7.89. The van der Waals surface area contributed by atoms with E-state index in [2.05, 4.69) is 5.10 Å². The minimum Gasteiger partial charge on any atom is -0.502 e. The Labute approximate surface area is 160 Å². The van der Waals surface area contributed by atoms with E-state index in [1.807, 2.05) is 4.83 Å². The predicted molar refractivity (Wildman–Crippen MR) is 99.7 cm³/mol. The third-order valence-electron chi connectivity index (χ3n) is 4.03. The first-order chi connectivity index (χ1) is 13.2. The van der Waals surface area contributed by atoms with Crippen molar-refractivity contribution in [2.45, 2.75) is 17.9 Å². The van der Waals surface area contributed by atoms with E-state index in [1.165, 1.54) is 19.1 Å². The standard InChI is InChI=1S/C17H16N4O6S/c1-10-7-8-12(21(23)24)9-13(10)28(25,26)20-19-14-15(22)17(18)27-16(14)11-5-3-2-4-6-11/h2-9,16,20,22H,18H2,1H3/t16-/m1/s1. The predicted octanol–water partition coefficient (Wildman–Crippen LogP) is 1.99. The SMILES string of the molecule is Cc1ccc([N+](=O)[O-])cc1S(=O)(=O)NN=C1C(O)=C(N)O[C@@H]1c1ccccc1. The van der Waals surface area contributed by atoms with Gasteiger partial charge in [-0.3, -0.25) is 10.1 Å². The zero-order valence-electron chi connectivity index (χ0n) is 14.6. The van der Waals surface area contributed by atoms with Crippen molar-refractivity contribution in [3.05, 3.63) is 81.4 Å². The maximum absolute atomic E-state index is 12.6. The maximum Gasteiger partial charge on any atom is 0.277 e. The Hall–Kier alpha value is -3.60. The van der Waals surface area contributed by atoms with Gasteiger partial charge in [0.05, 0.1) is 9.82 Å². The number of nitrogens with one attached hydrogen (secondary N) is 1. The number of nitrogens with zero attached hydrogens (tertiary/aromatic N) is 2. The average Bonchev–Trinajstić information content (AvgIpc) is 2.95. The average molecular weight is 404 g/mol. The first kappa shape index (κ1) is 19.2. The van der Waals surface area contributed by atoms with Gasteiger partial charge in [0.25, 0.3) is 15.7 Å². The van der Waals surface area contributed by atoms with E-state index in [-0.39, 0.29) is 22.2 Å². The summed E-state index contributed by atoms with van der Waals surface area (Å²) in [6.45, 7) is 1.49. The number of hydrogen-bond acceptors (Lipinski definition) is 8. The summed E-state index contributed by atoms with van der Waals surface area (Å²) in [4.78, 5) is 11.9. The Balaban J connectivity index is 1.97. The normalized spacial score (nSPS) is 18.2. The van der Waals surface area contributed by atoms with Crippen molar-refractivity contribution in [1.82, 2.24) is 4.83 Å². The van der Waals surface area contributed by atoms with Gasteiger partial charge in [-0.05, 0) is 18.1 Å². The minimum absolute atomic E-state index is 0.129. The number of hydrazone groups is 1. The van der Waals surface area contributed by atoms with E-state index in [1.54, 1.807) is 30.3 Å². The van der Waals surface area contributed by atoms with E-state index in [0.717, 1.165) is 6.07 Å². The summed E-state index contributed by atoms with van der Waals surface area (Å²) in [6, 6.07) is 12.1. The first-order valence-corrected chi connectivity index (χ1v) is 9.44. The van der Waals surface area contributed by atoms with E-state index >= 15 is 0 Å². The van der Waals surface area contributed by atoms with Crippen LogP contribution in [0, 0.1) is 17.0 Å². The van der Waals surface area contributed by atoms with Crippen molar-refractivity contribution in [1.29, 1.82) is 0 Å². The van der Waals surface area contributed by atoms with Crippen LogP contribution in [0.1, 0.15) is 17.2 Å². The number of nitrogens with two attached hydrogens (primary N) is 1. The summed E-state index contributed by atoms with van der Waals surface area (Å²) >= 11 is 0. The number of aliphatic hydroxyl groups is 1. The second kappa shape index (κ2) is 7.19. The molecule has 10 nitrogen and oxygen atoms in total. The molecular formula is C17H16N4O6S. The molecule has 28 heavy (non-hydrogen) atoms. The molecule has 0 saturated heterocycles. The van der Waals surface area contributed by atoms with Crippen molar-refractivity contribution in [2.75, 3.05) is 0 Å². The van der Waals surface area contributed by atoms with Crippen LogP contribution >= 0.6 is 0 Å². The van der Waals surface area contributed by atoms with Gasteiger partial charge in [-0.1, -0.05) is 36.4 Å². The van der Waals surface area contributed by atoms with Crippen LogP contribution in [0.15, 0.2) is 70.2 Å². The summed E-state index contributed by atoms with van der Waals surface area (Å²) in [5.41, 5.74) is 5.98. The maximum atomic E-state index is 12.6. The smallest absolute Gasteiger partial charge is 0.277 e. The molecule has 4 N–H and O–H groups in total. The van der Waals surface area contributed by atoms with Gasteiger partial charge in [-0.2, -0.15) is 18.4 Å². The highest BCUT2D eigenvalue weighted by Crippen LogP contribution is 2.30. The molecule has 0 fully saturated rings. The molecule has 0 amide bonds. The molecule has 2 aromatic carbocycles. The van der Waals surface area contributed by atoms with E-state index in [4.69, 9.17) is 10.5 Å². The highest BCUT2D eigenvalue weighted by atomic mass is 32.2. The quantitative estimate of drug-likeness (QED) is 0.508. The number of nitro benzene ring substituents is 1. The van der Waals surface area contributed by atoms with Gasteiger partial charge in [0, 0.05) is 12.1 Å². The van der Waals surface area contributed by atoms with Gasteiger partial charge >= 0.3 is 0 Å². The lowest BCUT2D eigenvalue weighted by atomic mass is 10.1. The second-order valence-electron chi connectivity index (χ2n) is 5.92. The summed E-state index contributed by atoms with van der Waals surface area (Å²) in [6.07, 6.45) is -0.907. The van der Waals surface area contributed by atoms with E-state index < -0.39 is 26.8 Å². The highest BCUT2D eigenvalue weighted by Gasteiger charge is 2.34. The second-order valence-corrected chi connectivity index (χ2v) is 7.55. The topological polar surface area (TPSA) is 157 Å². The number of sulfonamides is 1. The van der Waals surface area contributed by atoms with Gasteiger partial charge < -0.3 is 15.6 Å². The number of aryl methyl sites for hydroxylation is 1. The zero-order valence-corrected chi connectivity index (χ0v) is 15.4. The van der Waals surface area contributed by atoms with Crippen LogP contribution in [0.25, 0.3) is 0 Å². The van der Waals surface area contributed by atoms with Gasteiger partial charge in [-0.25, -0.2) is 0 Å². The lowest BCUT2D eigenvalue weighted by molar-refractivity contribution is -0.385. The Morgan fingerprint density at radius 2 is 1.93 bits per heavy atom. The summed E-state index contributed by atoms with van der Waals surface area (Å²) in [7, 11) is -4.25. The van der Waals surface area contributed by atoms with Crippen LogP contribution in [0.5, 0.6) is 0 Å². The van der Waals surface area contributed by atoms with Crippen molar-refractivity contribution in [3.63, 3.8) is 0 Å². The van der Waals surface area contributed by atoms with Gasteiger partial charge in [-0.15, -0.1) is 0 Å². The first-order valence-electron chi connectivity index (χ1n) is 7.96. The van der Waals surface area contributed by atoms with E-state index in [0.29, 0.717) is 11.1 Å². The molecule has 0 unspecified atom stereocenters. The molecule has 3 rings (SSSR count). The number of non-ortho nitro benzene ring substituents is 1.